The molecule has 1 aromatic rings. The number of nitrogens with one attached hydrogen (secondary N) is 1. The largest absolute Gasteiger partial charge is 0.392 e. The van der Waals surface area contributed by atoms with E-state index in [0.717, 1.165) is 18.2 Å². The monoisotopic (exact) mass is 212 g/mol. The van der Waals surface area contributed by atoms with Crippen molar-refractivity contribution in [2.24, 2.45) is 7.05 Å². The fourth-order valence-electron chi connectivity index (χ4n) is 1.42. The quantitative estimate of drug-likeness (QED) is 0.719. The molecule has 5 nitrogen and oxygen atoms in total. The van der Waals surface area contributed by atoms with Gasteiger partial charge >= 0.3 is 0 Å². The summed E-state index contributed by atoms with van der Waals surface area (Å²) in [5.41, 5.74) is 1.11. The SMILES string of the molecule is CC(O)CNCc1cnc(N(C)C)n1C. The zero-order valence-electron chi connectivity index (χ0n) is 9.86. The van der Waals surface area contributed by atoms with Crippen LogP contribution in [0, 0.1) is 0 Å². The third-order valence-electron chi connectivity index (χ3n) is 2.21. The number of rotatable bonds is 5. The highest BCUT2D eigenvalue weighted by Crippen LogP contribution is 2.10. The molecule has 0 aliphatic rings. The minimum absolute atomic E-state index is 0.313. The van der Waals surface area contributed by atoms with Gasteiger partial charge in [-0.3, -0.25) is 0 Å². The molecule has 2 N–H and O–H groups in total. The van der Waals surface area contributed by atoms with E-state index >= 15 is 0 Å². The molecule has 0 spiro atoms. The van der Waals surface area contributed by atoms with Crippen LogP contribution < -0.4 is 10.2 Å². The minimum Gasteiger partial charge on any atom is -0.392 e. The summed E-state index contributed by atoms with van der Waals surface area (Å²) in [5.74, 6) is 0.934. The topological polar surface area (TPSA) is 53.3 Å². The lowest BCUT2D eigenvalue weighted by Crippen LogP contribution is -2.25. The molecule has 1 atom stereocenters. The predicted molar refractivity (Wildman–Crippen MR) is 60.9 cm³/mol. The van der Waals surface area contributed by atoms with Gasteiger partial charge in [0.25, 0.3) is 0 Å². The highest BCUT2D eigenvalue weighted by molar-refractivity contribution is 5.30. The zero-order valence-corrected chi connectivity index (χ0v) is 9.86. The normalized spacial score (nSPS) is 12.9. The van der Waals surface area contributed by atoms with E-state index in [-0.39, 0.29) is 6.10 Å². The first-order chi connectivity index (χ1) is 7.02. The summed E-state index contributed by atoms with van der Waals surface area (Å²) >= 11 is 0. The lowest BCUT2D eigenvalue weighted by molar-refractivity contribution is 0.190. The van der Waals surface area contributed by atoms with Crippen LogP contribution in [0.25, 0.3) is 0 Å². The lowest BCUT2D eigenvalue weighted by atomic mass is 10.4. The molecule has 0 bridgehead atoms. The van der Waals surface area contributed by atoms with Crippen LogP contribution in [0.4, 0.5) is 5.95 Å². The molecule has 1 aromatic heterocycles. The van der Waals surface area contributed by atoms with E-state index in [4.69, 9.17) is 5.11 Å². The van der Waals surface area contributed by atoms with Gasteiger partial charge in [0.05, 0.1) is 18.0 Å². The molecule has 1 heterocycles. The van der Waals surface area contributed by atoms with E-state index in [1.807, 2.05) is 36.8 Å². The Morgan fingerprint density at radius 1 is 1.60 bits per heavy atom. The van der Waals surface area contributed by atoms with Crippen LogP contribution in [0.1, 0.15) is 12.6 Å². The molecule has 5 heteroatoms. The molecule has 1 rings (SSSR count). The van der Waals surface area contributed by atoms with Crippen molar-refractivity contribution in [3.63, 3.8) is 0 Å². The smallest absolute Gasteiger partial charge is 0.204 e. The van der Waals surface area contributed by atoms with Crippen molar-refractivity contribution < 1.29 is 5.11 Å². The third-order valence-corrected chi connectivity index (χ3v) is 2.21. The second-order valence-electron chi connectivity index (χ2n) is 3.98. The van der Waals surface area contributed by atoms with Crippen LogP contribution in [0.5, 0.6) is 0 Å². The van der Waals surface area contributed by atoms with Crippen molar-refractivity contribution in [1.82, 2.24) is 14.9 Å². The van der Waals surface area contributed by atoms with Gasteiger partial charge in [0, 0.05) is 34.2 Å². The number of imidazole rings is 1. The number of aliphatic hydroxyl groups is 1. The van der Waals surface area contributed by atoms with Crippen LogP contribution in [-0.4, -0.2) is 41.4 Å². The maximum Gasteiger partial charge on any atom is 0.204 e. The molecule has 0 aromatic carbocycles. The second-order valence-corrected chi connectivity index (χ2v) is 3.98. The summed E-state index contributed by atoms with van der Waals surface area (Å²) in [6.45, 7) is 3.09. The summed E-state index contributed by atoms with van der Waals surface area (Å²) in [7, 11) is 5.92. The average Bonchev–Trinajstić information content (AvgIpc) is 2.47. The van der Waals surface area contributed by atoms with E-state index in [0.29, 0.717) is 6.54 Å². The molecular formula is C10H20N4O. The number of hydrogen-bond donors (Lipinski definition) is 2. The standard InChI is InChI=1S/C10H20N4O/c1-8(15)5-11-6-9-7-12-10(13(2)3)14(9)4/h7-8,11,15H,5-6H2,1-4H3. The van der Waals surface area contributed by atoms with Gasteiger partial charge in [-0.05, 0) is 6.92 Å². The third kappa shape index (κ3) is 3.21. The first-order valence-electron chi connectivity index (χ1n) is 5.09. The Hall–Kier alpha value is -1.07. The van der Waals surface area contributed by atoms with Gasteiger partial charge < -0.3 is 19.9 Å². The summed E-state index contributed by atoms with van der Waals surface area (Å²) in [5, 5.41) is 12.3. The molecule has 1 unspecified atom stereocenters. The van der Waals surface area contributed by atoms with Gasteiger partial charge in [0.15, 0.2) is 0 Å². The summed E-state index contributed by atoms with van der Waals surface area (Å²) in [4.78, 5) is 6.27. The first kappa shape index (κ1) is 12.0. The van der Waals surface area contributed by atoms with E-state index in [2.05, 4.69) is 10.3 Å². The van der Waals surface area contributed by atoms with Crippen LogP contribution in [0.15, 0.2) is 6.20 Å². The van der Waals surface area contributed by atoms with Crippen LogP contribution in [0.2, 0.25) is 0 Å². The van der Waals surface area contributed by atoms with Gasteiger partial charge in [-0.15, -0.1) is 0 Å². The van der Waals surface area contributed by atoms with Crippen molar-refractivity contribution >= 4 is 5.95 Å². The van der Waals surface area contributed by atoms with Crippen molar-refractivity contribution in [3.8, 4) is 0 Å². The van der Waals surface area contributed by atoms with E-state index in [1.165, 1.54) is 0 Å². The van der Waals surface area contributed by atoms with Gasteiger partial charge in [-0.1, -0.05) is 0 Å². The predicted octanol–water partition coefficient (Wildman–Crippen LogP) is -0.0435. The van der Waals surface area contributed by atoms with E-state index in [1.54, 1.807) is 6.92 Å². The Morgan fingerprint density at radius 2 is 2.27 bits per heavy atom. The summed E-state index contributed by atoms with van der Waals surface area (Å²) < 4.78 is 2.04. The van der Waals surface area contributed by atoms with Gasteiger partial charge in [-0.25, -0.2) is 4.98 Å². The lowest BCUT2D eigenvalue weighted by Gasteiger charge is -2.13. The van der Waals surface area contributed by atoms with E-state index < -0.39 is 0 Å². The average molecular weight is 212 g/mol. The Labute approximate surface area is 90.7 Å². The van der Waals surface area contributed by atoms with Gasteiger partial charge in [0.2, 0.25) is 5.95 Å². The molecule has 86 valence electrons. The molecule has 0 fully saturated rings. The Bertz CT molecular complexity index is 306. The van der Waals surface area contributed by atoms with Crippen molar-refractivity contribution in [2.75, 3.05) is 25.5 Å². The maximum absolute atomic E-state index is 9.10. The van der Waals surface area contributed by atoms with Crippen LogP contribution >= 0.6 is 0 Å². The molecule has 0 saturated heterocycles. The number of aliphatic hydroxyl groups excluding tert-OH is 1. The molecular weight excluding hydrogens is 192 g/mol. The summed E-state index contributed by atoms with van der Waals surface area (Å²) in [6, 6.07) is 0. The van der Waals surface area contributed by atoms with Crippen molar-refractivity contribution in [3.05, 3.63) is 11.9 Å². The highest BCUT2D eigenvalue weighted by atomic mass is 16.3. The molecule has 0 amide bonds. The van der Waals surface area contributed by atoms with Crippen LogP contribution in [-0.2, 0) is 13.6 Å². The fourth-order valence-corrected chi connectivity index (χ4v) is 1.42. The first-order valence-corrected chi connectivity index (χ1v) is 5.09. The molecule has 0 aliphatic carbocycles. The van der Waals surface area contributed by atoms with Gasteiger partial charge in [0.1, 0.15) is 0 Å². The minimum atomic E-state index is -0.313. The number of aromatic nitrogens is 2. The number of nitrogens with zero attached hydrogens (tertiary/aromatic N) is 3. The Kier molecular flexibility index (Phi) is 4.11. The molecule has 15 heavy (non-hydrogen) atoms. The Balaban J connectivity index is 2.55. The van der Waals surface area contributed by atoms with Crippen molar-refractivity contribution in [1.29, 1.82) is 0 Å². The number of hydrogen-bond acceptors (Lipinski definition) is 4. The second kappa shape index (κ2) is 5.14. The highest BCUT2D eigenvalue weighted by Gasteiger charge is 2.07. The van der Waals surface area contributed by atoms with E-state index in [9.17, 15) is 0 Å². The van der Waals surface area contributed by atoms with Crippen LogP contribution in [0.3, 0.4) is 0 Å². The fraction of sp³-hybridized carbons (Fsp3) is 0.700. The van der Waals surface area contributed by atoms with Crippen molar-refractivity contribution in [2.45, 2.75) is 19.6 Å². The molecule has 0 aliphatic heterocycles. The van der Waals surface area contributed by atoms with Gasteiger partial charge in [-0.2, -0.15) is 0 Å². The molecule has 0 radical (unpaired) electrons. The number of anilines is 1. The summed E-state index contributed by atoms with van der Waals surface area (Å²) in [6.07, 6.45) is 1.54. The Morgan fingerprint density at radius 3 is 2.73 bits per heavy atom. The maximum atomic E-state index is 9.10. The zero-order chi connectivity index (χ0) is 11.4. The molecule has 0 saturated carbocycles.